The lowest BCUT2D eigenvalue weighted by Crippen LogP contribution is -2.47. The Hall–Kier alpha value is -0.860. The summed E-state index contributed by atoms with van der Waals surface area (Å²) in [7, 11) is 2.24. The van der Waals surface area contributed by atoms with Crippen LogP contribution >= 0.6 is 0 Å². The van der Waals surface area contributed by atoms with Crippen LogP contribution in [0.15, 0.2) is 18.2 Å². The van der Waals surface area contributed by atoms with E-state index in [4.69, 9.17) is 0 Å². The lowest BCUT2D eigenvalue weighted by molar-refractivity contribution is 0.138. The molecule has 1 aromatic carbocycles. The van der Waals surface area contributed by atoms with Crippen LogP contribution in [0, 0.1) is 6.92 Å². The highest BCUT2D eigenvalue weighted by atomic mass is 15.2. The highest BCUT2D eigenvalue weighted by molar-refractivity contribution is 5.39. The molecule has 0 aromatic heterocycles. The molecule has 2 nitrogen and oxygen atoms in total. The number of likely N-dealkylation sites (N-methyl/N-ethyl adjacent to an activating group) is 1. The molecule has 0 aliphatic carbocycles. The summed E-state index contributed by atoms with van der Waals surface area (Å²) in [5.74, 6) is 0. The topological polar surface area (TPSA) is 6.48 Å². The molecule has 0 bridgehead atoms. The van der Waals surface area contributed by atoms with Crippen LogP contribution in [0.25, 0.3) is 0 Å². The van der Waals surface area contributed by atoms with E-state index in [2.05, 4.69) is 55.8 Å². The van der Waals surface area contributed by atoms with Crippen LogP contribution in [0.4, 0.5) is 0 Å². The minimum absolute atomic E-state index is 0.279. The Kier molecular flexibility index (Phi) is 3.18. The zero-order valence-electron chi connectivity index (χ0n) is 12.7. The van der Waals surface area contributed by atoms with Crippen LogP contribution in [0.5, 0.6) is 0 Å². The minimum atomic E-state index is 0.279. The molecule has 3 rings (SSSR count). The van der Waals surface area contributed by atoms with Gasteiger partial charge < -0.3 is 4.90 Å². The molecule has 0 radical (unpaired) electrons. The van der Waals surface area contributed by atoms with Gasteiger partial charge in [0.15, 0.2) is 0 Å². The number of hydrogen-bond donors (Lipinski definition) is 0. The van der Waals surface area contributed by atoms with Crippen molar-refractivity contribution in [1.29, 1.82) is 0 Å². The van der Waals surface area contributed by atoms with Crippen LogP contribution in [0.1, 0.15) is 37.0 Å². The maximum absolute atomic E-state index is 2.71. The number of nitrogens with zero attached hydrogens (tertiary/aromatic N) is 2. The van der Waals surface area contributed by atoms with Crippen molar-refractivity contribution in [2.75, 3.05) is 26.7 Å². The summed E-state index contributed by atoms with van der Waals surface area (Å²) in [6.07, 6.45) is 1.33. The van der Waals surface area contributed by atoms with Crippen molar-refractivity contribution in [1.82, 2.24) is 9.80 Å². The van der Waals surface area contributed by atoms with E-state index in [9.17, 15) is 0 Å². The first kappa shape index (κ1) is 13.1. The zero-order chi connectivity index (χ0) is 13.6. The lowest BCUT2D eigenvalue weighted by Gasteiger charge is -2.43. The van der Waals surface area contributed by atoms with Gasteiger partial charge in [0.05, 0.1) is 0 Å². The van der Waals surface area contributed by atoms with Gasteiger partial charge in [-0.3, -0.25) is 4.90 Å². The van der Waals surface area contributed by atoms with Gasteiger partial charge in [0.1, 0.15) is 0 Å². The Morgan fingerprint density at radius 2 is 2.05 bits per heavy atom. The highest BCUT2D eigenvalue weighted by Crippen LogP contribution is 2.35. The monoisotopic (exact) mass is 258 g/mol. The molecule has 1 atom stereocenters. The standard InChI is InChI=1S/C17H26N2/c1-13-5-6-14-10-19(15-7-8-18(4)11-15)12-17(2,3)16(14)9-13/h5-6,9,15H,7-8,10-12H2,1-4H3. The van der Waals surface area contributed by atoms with Gasteiger partial charge >= 0.3 is 0 Å². The highest BCUT2D eigenvalue weighted by Gasteiger charge is 2.36. The maximum Gasteiger partial charge on any atom is 0.0240 e. The average Bonchev–Trinajstić information content (AvgIpc) is 2.76. The third-order valence-corrected chi connectivity index (χ3v) is 4.85. The molecule has 0 saturated carbocycles. The second-order valence-corrected chi connectivity index (χ2v) is 7.15. The van der Waals surface area contributed by atoms with Crippen LogP contribution in [-0.4, -0.2) is 42.5 Å². The second kappa shape index (κ2) is 4.60. The van der Waals surface area contributed by atoms with Crippen molar-refractivity contribution >= 4 is 0 Å². The lowest BCUT2D eigenvalue weighted by atomic mass is 9.77. The molecule has 104 valence electrons. The van der Waals surface area contributed by atoms with Crippen LogP contribution < -0.4 is 0 Å². The quantitative estimate of drug-likeness (QED) is 0.764. The Bertz CT molecular complexity index is 478. The third kappa shape index (κ3) is 2.44. The smallest absolute Gasteiger partial charge is 0.0240 e. The number of hydrogen-bond acceptors (Lipinski definition) is 2. The fourth-order valence-corrected chi connectivity index (χ4v) is 3.79. The molecule has 2 aliphatic heterocycles. The van der Waals surface area contributed by atoms with E-state index in [0.29, 0.717) is 0 Å². The summed E-state index contributed by atoms with van der Waals surface area (Å²) >= 11 is 0. The van der Waals surface area contributed by atoms with E-state index in [1.165, 1.54) is 37.2 Å². The number of benzene rings is 1. The van der Waals surface area contributed by atoms with Crippen LogP contribution in [-0.2, 0) is 12.0 Å². The molecule has 0 amide bonds. The zero-order valence-corrected chi connectivity index (χ0v) is 12.7. The predicted molar refractivity (Wildman–Crippen MR) is 80.5 cm³/mol. The molecule has 1 saturated heterocycles. The molecule has 19 heavy (non-hydrogen) atoms. The van der Waals surface area contributed by atoms with Crippen molar-refractivity contribution in [3.63, 3.8) is 0 Å². The number of fused-ring (bicyclic) bond motifs is 1. The summed E-state index contributed by atoms with van der Waals surface area (Å²) in [5, 5.41) is 0. The molecule has 0 spiro atoms. The molecular weight excluding hydrogens is 232 g/mol. The van der Waals surface area contributed by atoms with E-state index in [0.717, 1.165) is 12.6 Å². The van der Waals surface area contributed by atoms with E-state index in [1.807, 2.05) is 0 Å². The van der Waals surface area contributed by atoms with Gasteiger partial charge in [-0.25, -0.2) is 0 Å². The Balaban J connectivity index is 1.88. The molecular formula is C17H26N2. The SMILES string of the molecule is Cc1ccc2c(c1)C(C)(C)CN(C1CCN(C)C1)C2. The average molecular weight is 258 g/mol. The normalized spacial score (nSPS) is 27.5. The van der Waals surface area contributed by atoms with Gasteiger partial charge in [0.2, 0.25) is 0 Å². The van der Waals surface area contributed by atoms with Gasteiger partial charge in [-0.15, -0.1) is 0 Å². The summed E-state index contributed by atoms with van der Waals surface area (Å²) in [6, 6.07) is 7.75. The van der Waals surface area contributed by atoms with E-state index in [-0.39, 0.29) is 5.41 Å². The van der Waals surface area contributed by atoms with Gasteiger partial charge in [-0.05, 0) is 38.1 Å². The van der Waals surface area contributed by atoms with Crippen molar-refractivity contribution in [2.24, 2.45) is 0 Å². The van der Waals surface area contributed by atoms with Crippen molar-refractivity contribution in [3.05, 3.63) is 34.9 Å². The minimum Gasteiger partial charge on any atom is -0.305 e. The van der Waals surface area contributed by atoms with Gasteiger partial charge in [-0.1, -0.05) is 37.6 Å². The number of rotatable bonds is 1. The predicted octanol–water partition coefficient (Wildman–Crippen LogP) is 2.79. The van der Waals surface area contributed by atoms with Crippen molar-refractivity contribution in [2.45, 2.75) is 45.2 Å². The molecule has 2 heterocycles. The summed E-state index contributed by atoms with van der Waals surface area (Å²) < 4.78 is 0. The second-order valence-electron chi connectivity index (χ2n) is 7.15. The summed E-state index contributed by atoms with van der Waals surface area (Å²) in [5.41, 5.74) is 4.77. The Morgan fingerprint density at radius 1 is 1.26 bits per heavy atom. The van der Waals surface area contributed by atoms with Gasteiger partial charge in [0.25, 0.3) is 0 Å². The van der Waals surface area contributed by atoms with Gasteiger partial charge in [0, 0.05) is 31.1 Å². The van der Waals surface area contributed by atoms with Crippen LogP contribution in [0.3, 0.4) is 0 Å². The van der Waals surface area contributed by atoms with E-state index < -0.39 is 0 Å². The molecule has 2 aliphatic rings. The molecule has 2 heteroatoms. The fourth-order valence-electron chi connectivity index (χ4n) is 3.79. The molecule has 0 N–H and O–H groups in total. The number of likely N-dealkylation sites (tertiary alicyclic amines) is 1. The summed E-state index contributed by atoms with van der Waals surface area (Å²) in [6.45, 7) is 11.8. The van der Waals surface area contributed by atoms with Gasteiger partial charge in [-0.2, -0.15) is 0 Å². The first-order chi connectivity index (χ1) is 8.95. The summed E-state index contributed by atoms with van der Waals surface area (Å²) in [4.78, 5) is 5.17. The fraction of sp³-hybridized carbons (Fsp3) is 0.647. The Labute approximate surface area is 117 Å². The first-order valence-electron chi connectivity index (χ1n) is 7.48. The Morgan fingerprint density at radius 3 is 2.74 bits per heavy atom. The third-order valence-electron chi connectivity index (χ3n) is 4.85. The van der Waals surface area contributed by atoms with Crippen molar-refractivity contribution in [3.8, 4) is 0 Å². The van der Waals surface area contributed by atoms with Crippen molar-refractivity contribution < 1.29 is 0 Å². The maximum atomic E-state index is 2.71. The largest absolute Gasteiger partial charge is 0.305 e. The molecule has 1 aromatic rings. The van der Waals surface area contributed by atoms with E-state index in [1.54, 1.807) is 5.56 Å². The van der Waals surface area contributed by atoms with E-state index >= 15 is 0 Å². The van der Waals surface area contributed by atoms with Crippen LogP contribution in [0.2, 0.25) is 0 Å². The number of aryl methyl sites for hydroxylation is 1. The molecule has 1 fully saturated rings. The first-order valence-corrected chi connectivity index (χ1v) is 7.48. The molecule has 1 unspecified atom stereocenters.